The average Bonchev–Trinajstić information content (AvgIpc) is 2.56. The van der Waals surface area contributed by atoms with Gasteiger partial charge in [-0.25, -0.2) is 0 Å². The topological polar surface area (TPSA) is 55.4 Å². The second-order valence-corrected chi connectivity index (χ2v) is 13.0. The lowest BCUT2D eigenvalue weighted by atomic mass is 10.4. The molecule has 2 aromatic carbocycles. The normalized spacial score (nSPS) is 11.2. The molecule has 0 aliphatic rings. The van der Waals surface area contributed by atoms with Crippen molar-refractivity contribution in [3.8, 4) is 0 Å². The summed E-state index contributed by atoms with van der Waals surface area (Å²) in [6.07, 6.45) is 0.241. The number of esters is 1. The highest BCUT2D eigenvalue weighted by Gasteiger charge is 2.25. The van der Waals surface area contributed by atoms with Crippen molar-refractivity contribution in [1.82, 2.24) is 5.32 Å². The van der Waals surface area contributed by atoms with Crippen LogP contribution in [0.5, 0.6) is 0 Å². The van der Waals surface area contributed by atoms with Gasteiger partial charge in [0.15, 0.2) is 0 Å². The molecule has 4 nitrogen and oxygen atoms in total. The van der Waals surface area contributed by atoms with Crippen LogP contribution >= 0.6 is 28.3 Å². The van der Waals surface area contributed by atoms with Crippen molar-refractivity contribution in [2.75, 3.05) is 19.4 Å². The van der Waals surface area contributed by atoms with E-state index in [1.165, 1.54) is 22.8 Å². The highest BCUT2D eigenvalue weighted by molar-refractivity contribution is 8.90. The Kier molecular flexibility index (Phi) is 7.92. The molecule has 2 rings (SSSR count). The highest BCUT2D eigenvalue weighted by Crippen LogP contribution is 2.72. The number of hydrogen-bond acceptors (Lipinski definition) is 6. The Bertz CT molecular complexity index is 637. The summed E-state index contributed by atoms with van der Waals surface area (Å²) >= 11 is 2.71. The number of hydrogen-bond donors (Lipinski definition) is 1. The molecule has 0 aliphatic carbocycles. The zero-order valence-electron chi connectivity index (χ0n) is 13.4. The fourth-order valence-electron chi connectivity index (χ4n) is 1.87. The molecule has 0 saturated heterocycles. The third-order valence-corrected chi connectivity index (χ3v) is 10.0. The molecule has 0 radical (unpaired) electrons. The largest absolute Gasteiger partial charge is 0.465 e. The molecule has 7 heteroatoms. The lowest BCUT2D eigenvalue weighted by Gasteiger charge is -2.17. The molecule has 2 aromatic rings. The molecule has 0 saturated carbocycles. The molecular weight excluding hydrogens is 361 g/mol. The van der Waals surface area contributed by atoms with E-state index in [1.54, 1.807) is 6.92 Å². The van der Waals surface area contributed by atoms with Crippen molar-refractivity contribution in [2.24, 2.45) is 0 Å². The minimum atomic E-state index is -2.72. The summed E-state index contributed by atoms with van der Waals surface area (Å²) in [6.45, 7) is 2.16. The first-order valence-electron chi connectivity index (χ1n) is 7.56. The number of rotatable bonds is 9. The second-order valence-electron chi connectivity index (χ2n) is 4.81. The van der Waals surface area contributed by atoms with Crippen molar-refractivity contribution in [3.05, 3.63) is 60.7 Å². The lowest BCUT2D eigenvalue weighted by molar-refractivity contribution is -0.141. The van der Waals surface area contributed by atoms with E-state index in [0.29, 0.717) is 6.61 Å². The first-order chi connectivity index (χ1) is 11.6. The van der Waals surface area contributed by atoms with Crippen LogP contribution in [-0.4, -0.2) is 25.4 Å². The van der Waals surface area contributed by atoms with Crippen LogP contribution in [0, 0.1) is 0 Å². The molecule has 0 heterocycles. The molecule has 0 spiro atoms. The summed E-state index contributed by atoms with van der Waals surface area (Å²) in [4.78, 5) is 13.4. The van der Waals surface area contributed by atoms with Crippen molar-refractivity contribution in [2.45, 2.75) is 16.7 Å². The highest BCUT2D eigenvalue weighted by atomic mass is 33.1. The van der Waals surface area contributed by atoms with Gasteiger partial charge in [0.05, 0.1) is 19.4 Å². The van der Waals surface area contributed by atoms with Crippen LogP contribution in [0.3, 0.4) is 0 Å². The van der Waals surface area contributed by atoms with Crippen molar-refractivity contribution >= 4 is 34.3 Å². The van der Waals surface area contributed by atoms with E-state index in [0.717, 1.165) is 9.79 Å². The molecule has 0 fully saturated rings. The number of nitrogens with one attached hydrogen (secondary N) is 1. The van der Waals surface area contributed by atoms with Gasteiger partial charge in [-0.1, -0.05) is 36.4 Å². The van der Waals surface area contributed by atoms with Gasteiger partial charge in [-0.3, -0.25) is 14.7 Å². The van der Waals surface area contributed by atoms with Gasteiger partial charge >= 0.3 is 5.97 Å². The van der Waals surface area contributed by atoms with E-state index in [-0.39, 0.29) is 18.8 Å². The maximum Gasteiger partial charge on any atom is 0.319 e. The Labute approximate surface area is 150 Å². The smallest absolute Gasteiger partial charge is 0.319 e. The molecule has 0 atom stereocenters. The molecule has 0 aliphatic heterocycles. The maximum absolute atomic E-state index is 13.4. The Hall–Kier alpha value is -1.20. The number of benzene rings is 2. The number of carbonyl (C=O) groups excluding carboxylic acids is 1. The monoisotopic (exact) mass is 381 g/mol. The van der Waals surface area contributed by atoms with Gasteiger partial charge in [-0.2, -0.15) is 0 Å². The van der Waals surface area contributed by atoms with Crippen LogP contribution < -0.4 is 5.32 Å². The van der Waals surface area contributed by atoms with Gasteiger partial charge in [0.2, 0.25) is 5.55 Å². The Morgan fingerprint density at radius 2 is 1.50 bits per heavy atom. The fourth-order valence-corrected chi connectivity index (χ4v) is 9.22. The molecule has 0 amide bonds. The van der Waals surface area contributed by atoms with Gasteiger partial charge in [-0.15, -0.1) is 0 Å². The predicted octanol–water partition coefficient (Wildman–Crippen LogP) is 4.87. The Balaban J connectivity index is 2.05. The molecule has 1 N–H and O–H groups in total. The molecule has 0 aromatic heterocycles. The third kappa shape index (κ3) is 6.73. The van der Waals surface area contributed by atoms with Gasteiger partial charge in [0.25, 0.3) is 0 Å². The fraction of sp³-hybridized carbons (Fsp3) is 0.235. The summed E-state index contributed by atoms with van der Waals surface area (Å²) in [6, 6.07) is 19.3. The van der Waals surface area contributed by atoms with Gasteiger partial charge in [-0.05, 0) is 54.0 Å². The van der Waals surface area contributed by atoms with Gasteiger partial charge in [0.1, 0.15) is 0 Å². The van der Waals surface area contributed by atoms with Crippen molar-refractivity contribution in [3.63, 3.8) is 0 Å². The Morgan fingerprint density at radius 3 is 1.96 bits per heavy atom. The summed E-state index contributed by atoms with van der Waals surface area (Å²) in [5.74, 6) is -0.335. The first kappa shape index (κ1) is 19.1. The van der Waals surface area contributed by atoms with E-state index in [2.05, 4.69) is 5.32 Å². The maximum atomic E-state index is 13.4. The first-order valence-corrected chi connectivity index (χ1v) is 12.3. The Morgan fingerprint density at radius 1 is 1.00 bits per heavy atom. The molecule has 0 unspecified atom stereocenters. The average molecular weight is 381 g/mol. The van der Waals surface area contributed by atoms with E-state index in [9.17, 15) is 9.36 Å². The van der Waals surface area contributed by atoms with E-state index in [1.807, 2.05) is 60.7 Å². The van der Waals surface area contributed by atoms with Gasteiger partial charge < -0.3 is 4.74 Å². The van der Waals surface area contributed by atoms with Crippen LogP contribution in [-0.2, 0) is 14.1 Å². The minimum absolute atomic E-state index is 0.0581. The summed E-state index contributed by atoms with van der Waals surface area (Å²) in [5, 5.41) is 2.97. The molecular formula is C17H20NO3PS2. The number of carbonyl (C=O) groups is 1. The molecule has 128 valence electrons. The van der Waals surface area contributed by atoms with Crippen LogP contribution in [0.25, 0.3) is 0 Å². The lowest BCUT2D eigenvalue weighted by Crippen LogP contribution is -2.25. The standard InChI is InChI=1S/C17H20NO3PS2/c1-2-21-17(19)13-18-14-22(20,23-15-9-5-3-6-10-15)24-16-11-7-4-8-12-16/h3-12,18H,2,13-14H2,1H3. The summed E-state index contributed by atoms with van der Waals surface area (Å²) in [5.41, 5.74) is -2.72. The van der Waals surface area contributed by atoms with Gasteiger partial charge in [0, 0.05) is 9.79 Å². The van der Waals surface area contributed by atoms with Crippen molar-refractivity contribution in [1.29, 1.82) is 0 Å². The summed E-state index contributed by atoms with van der Waals surface area (Å²) < 4.78 is 18.3. The quantitative estimate of drug-likeness (QED) is 0.494. The third-order valence-electron chi connectivity index (χ3n) is 2.86. The summed E-state index contributed by atoms with van der Waals surface area (Å²) in [7, 11) is 0. The SMILES string of the molecule is CCOC(=O)CNCP(=O)(Sc1ccccc1)Sc1ccccc1. The zero-order chi connectivity index (χ0) is 17.3. The van der Waals surface area contributed by atoms with E-state index >= 15 is 0 Å². The van der Waals surface area contributed by atoms with Crippen LogP contribution in [0.2, 0.25) is 0 Å². The van der Waals surface area contributed by atoms with Crippen LogP contribution in [0.1, 0.15) is 6.92 Å². The zero-order valence-corrected chi connectivity index (χ0v) is 15.9. The van der Waals surface area contributed by atoms with Crippen molar-refractivity contribution < 1.29 is 14.1 Å². The minimum Gasteiger partial charge on any atom is -0.465 e. The van der Waals surface area contributed by atoms with E-state index in [4.69, 9.17) is 4.74 Å². The molecule has 24 heavy (non-hydrogen) atoms. The second kappa shape index (κ2) is 9.94. The van der Waals surface area contributed by atoms with Crippen LogP contribution in [0.15, 0.2) is 70.5 Å². The number of ether oxygens (including phenoxy) is 1. The van der Waals surface area contributed by atoms with E-state index < -0.39 is 5.55 Å². The van der Waals surface area contributed by atoms with Crippen LogP contribution in [0.4, 0.5) is 0 Å². The molecule has 0 bridgehead atoms. The predicted molar refractivity (Wildman–Crippen MR) is 102 cm³/mol.